The quantitative estimate of drug-likeness (QED) is 0.765. The lowest BCUT2D eigenvalue weighted by Gasteiger charge is -2.31. The van der Waals surface area contributed by atoms with Crippen LogP contribution in [-0.4, -0.2) is 18.8 Å². The second-order valence-corrected chi connectivity index (χ2v) is 7.12. The Morgan fingerprint density at radius 3 is 2.26 bits per heavy atom. The molecule has 106 valence electrons. The van der Waals surface area contributed by atoms with Crippen LogP contribution in [0.3, 0.4) is 0 Å². The van der Waals surface area contributed by atoms with Gasteiger partial charge in [-0.05, 0) is 45.7 Å². The van der Waals surface area contributed by atoms with Crippen molar-refractivity contribution in [3.8, 4) is 0 Å². The molecular weight excluding hydrogens is 261 g/mol. The molecule has 0 spiro atoms. The molecule has 4 nitrogen and oxygen atoms in total. The van der Waals surface area contributed by atoms with Crippen molar-refractivity contribution in [3.05, 3.63) is 29.8 Å². The third-order valence-electron chi connectivity index (χ3n) is 2.85. The van der Waals surface area contributed by atoms with E-state index in [9.17, 15) is 4.57 Å². The lowest BCUT2D eigenvalue weighted by Crippen LogP contribution is -2.24. The van der Waals surface area contributed by atoms with Crippen LogP contribution in [0.25, 0.3) is 0 Å². The van der Waals surface area contributed by atoms with Crippen LogP contribution in [0.5, 0.6) is 0 Å². The summed E-state index contributed by atoms with van der Waals surface area (Å²) in [6, 6.07) is 7.99. The van der Waals surface area contributed by atoms with Gasteiger partial charge in [0.15, 0.2) is 0 Å². The molecule has 0 fully saturated rings. The van der Waals surface area contributed by atoms with Gasteiger partial charge in [-0.15, -0.1) is 0 Å². The summed E-state index contributed by atoms with van der Waals surface area (Å²) >= 11 is 0. The summed E-state index contributed by atoms with van der Waals surface area (Å²) in [6.07, 6.45) is 0.595. The molecule has 5 heteroatoms. The number of hydrogen-bond donors (Lipinski definition) is 0. The zero-order valence-electron chi connectivity index (χ0n) is 12.0. The minimum absolute atomic E-state index is 0.141. The fourth-order valence-electron chi connectivity index (χ4n) is 2.25. The Bertz CT molecular complexity index is 473. The van der Waals surface area contributed by atoms with Gasteiger partial charge in [0.05, 0.1) is 12.2 Å². The summed E-state index contributed by atoms with van der Waals surface area (Å²) in [7, 11) is -3.28. The smallest absolute Gasteiger partial charge is 0.289 e. The number of nitrogens with zero attached hydrogens (tertiary/aromatic N) is 1. The van der Waals surface area contributed by atoms with Gasteiger partial charge in [-0.3, -0.25) is 13.7 Å². The number of para-hydroxylation sites is 1. The molecule has 2 rings (SSSR count). The number of rotatable bonds is 5. The highest BCUT2D eigenvalue weighted by atomic mass is 31.2. The van der Waals surface area contributed by atoms with Gasteiger partial charge in [-0.25, -0.2) is 4.57 Å². The highest BCUT2D eigenvalue weighted by Gasteiger charge is 2.39. The SMILES string of the molecule is CC(C)OP(=O)(OC(C)C)N1CCc2ccccc21. The molecular formula is C14H22NO3P. The second-order valence-electron chi connectivity index (χ2n) is 5.28. The van der Waals surface area contributed by atoms with Crippen LogP contribution in [0.15, 0.2) is 24.3 Å². The van der Waals surface area contributed by atoms with Crippen LogP contribution in [0, 0.1) is 0 Å². The van der Waals surface area contributed by atoms with Gasteiger partial charge in [0.1, 0.15) is 0 Å². The summed E-state index contributed by atoms with van der Waals surface area (Å²) in [5.41, 5.74) is 2.16. The normalized spacial score (nSPS) is 15.4. The van der Waals surface area contributed by atoms with E-state index in [1.54, 1.807) is 4.67 Å². The topological polar surface area (TPSA) is 38.8 Å². The zero-order chi connectivity index (χ0) is 14.0. The van der Waals surface area contributed by atoms with Crippen molar-refractivity contribution in [2.45, 2.75) is 46.3 Å². The molecule has 0 N–H and O–H groups in total. The minimum atomic E-state index is -3.28. The minimum Gasteiger partial charge on any atom is -0.289 e. The summed E-state index contributed by atoms with van der Waals surface area (Å²) in [5, 5.41) is 0. The molecule has 0 amide bonds. The van der Waals surface area contributed by atoms with Crippen LogP contribution in [0.1, 0.15) is 33.3 Å². The molecule has 1 aromatic carbocycles. The Kier molecular flexibility index (Phi) is 4.34. The Labute approximate surface area is 115 Å². The third-order valence-corrected chi connectivity index (χ3v) is 5.23. The lowest BCUT2D eigenvalue weighted by atomic mass is 10.2. The van der Waals surface area contributed by atoms with E-state index in [1.807, 2.05) is 45.9 Å². The number of fused-ring (bicyclic) bond motifs is 1. The van der Waals surface area contributed by atoms with Crippen LogP contribution in [0.2, 0.25) is 0 Å². The van der Waals surface area contributed by atoms with Crippen LogP contribution < -0.4 is 4.67 Å². The van der Waals surface area contributed by atoms with Crippen LogP contribution in [-0.2, 0) is 20.0 Å². The van der Waals surface area contributed by atoms with Crippen molar-refractivity contribution in [2.75, 3.05) is 11.2 Å². The van der Waals surface area contributed by atoms with E-state index in [-0.39, 0.29) is 12.2 Å². The maximum absolute atomic E-state index is 13.1. The maximum Gasteiger partial charge on any atom is 0.435 e. The van der Waals surface area contributed by atoms with Crippen molar-refractivity contribution < 1.29 is 13.6 Å². The molecule has 0 aliphatic carbocycles. The molecule has 0 atom stereocenters. The number of anilines is 1. The monoisotopic (exact) mass is 283 g/mol. The van der Waals surface area contributed by atoms with Crippen molar-refractivity contribution >= 4 is 13.4 Å². The molecule has 0 aromatic heterocycles. The Morgan fingerprint density at radius 2 is 1.68 bits per heavy atom. The third kappa shape index (κ3) is 3.19. The second kappa shape index (κ2) is 5.66. The summed E-state index contributed by atoms with van der Waals surface area (Å²) in [6.45, 7) is 8.17. The predicted octanol–water partition coefficient (Wildman–Crippen LogP) is 4.01. The van der Waals surface area contributed by atoms with Gasteiger partial charge in [-0.2, -0.15) is 0 Å². The first kappa shape index (κ1) is 14.6. The first-order valence-electron chi connectivity index (χ1n) is 6.75. The fourth-order valence-corrected chi connectivity index (χ4v) is 4.39. The van der Waals surface area contributed by atoms with Crippen LogP contribution >= 0.6 is 7.75 Å². The molecule has 0 unspecified atom stereocenters. The van der Waals surface area contributed by atoms with E-state index < -0.39 is 7.75 Å². The molecule has 0 radical (unpaired) electrons. The van der Waals surface area contributed by atoms with Gasteiger partial charge in [0, 0.05) is 12.2 Å². The van der Waals surface area contributed by atoms with E-state index in [2.05, 4.69) is 6.07 Å². The van der Waals surface area contributed by atoms with Crippen molar-refractivity contribution in [1.82, 2.24) is 0 Å². The highest BCUT2D eigenvalue weighted by molar-refractivity contribution is 7.55. The summed E-state index contributed by atoms with van der Waals surface area (Å²) < 4.78 is 26.2. The zero-order valence-corrected chi connectivity index (χ0v) is 12.9. The molecule has 0 bridgehead atoms. The van der Waals surface area contributed by atoms with Crippen LogP contribution in [0.4, 0.5) is 5.69 Å². The largest absolute Gasteiger partial charge is 0.435 e. The average Bonchev–Trinajstić information content (AvgIpc) is 2.70. The van der Waals surface area contributed by atoms with Gasteiger partial charge in [0.2, 0.25) is 0 Å². The molecule has 0 saturated carbocycles. The Morgan fingerprint density at radius 1 is 1.11 bits per heavy atom. The Hall–Kier alpha value is -0.830. The van der Waals surface area contributed by atoms with Crippen molar-refractivity contribution in [2.24, 2.45) is 0 Å². The summed E-state index contributed by atoms with van der Waals surface area (Å²) in [5.74, 6) is 0. The van der Waals surface area contributed by atoms with Gasteiger partial charge in [0.25, 0.3) is 0 Å². The molecule has 0 saturated heterocycles. The van der Waals surface area contributed by atoms with Crippen molar-refractivity contribution in [1.29, 1.82) is 0 Å². The molecule has 1 heterocycles. The predicted molar refractivity (Wildman–Crippen MR) is 77.5 cm³/mol. The first-order chi connectivity index (χ1) is 8.92. The standard InChI is InChI=1S/C14H22NO3P/c1-11(2)17-19(16,18-12(3)4)15-10-9-13-7-5-6-8-14(13)15/h5-8,11-12H,9-10H2,1-4H3. The maximum atomic E-state index is 13.1. The van der Waals surface area contributed by atoms with Gasteiger partial charge >= 0.3 is 7.75 Å². The van der Waals surface area contributed by atoms with E-state index in [1.165, 1.54) is 5.56 Å². The van der Waals surface area contributed by atoms with E-state index >= 15 is 0 Å². The molecule has 1 aliphatic heterocycles. The number of benzene rings is 1. The number of hydrogen-bond acceptors (Lipinski definition) is 3. The van der Waals surface area contributed by atoms with Gasteiger partial charge < -0.3 is 0 Å². The fraction of sp³-hybridized carbons (Fsp3) is 0.571. The highest BCUT2D eigenvalue weighted by Crippen LogP contribution is 2.58. The molecule has 1 aromatic rings. The average molecular weight is 283 g/mol. The molecule has 19 heavy (non-hydrogen) atoms. The van der Waals surface area contributed by atoms with Gasteiger partial charge in [-0.1, -0.05) is 18.2 Å². The molecule has 1 aliphatic rings. The van der Waals surface area contributed by atoms with E-state index in [0.29, 0.717) is 6.54 Å². The first-order valence-corrected chi connectivity index (χ1v) is 8.24. The van der Waals surface area contributed by atoms with E-state index in [4.69, 9.17) is 9.05 Å². The Balaban J connectivity index is 2.32. The summed E-state index contributed by atoms with van der Waals surface area (Å²) in [4.78, 5) is 0. The van der Waals surface area contributed by atoms with Crippen molar-refractivity contribution in [3.63, 3.8) is 0 Å². The lowest BCUT2D eigenvalue weighted by molar-refractivity contribution is 0.141. The van der Waals surface area contributed by atoms with E-state index in [0.717, 1.165) is 12.1 Å².